The number of hydrogen-bond donors (Lipinski definition) is 0. The van der Waals surface area contributed by atoms with Crippen LogP contribution in [0.4, 0.5) is 0 Å². The van der Waals surface area contributed by atoms with Crippen molar-refractivity contribution in [2.45, 2.75) is 26.3 Å². The van der Waals surface area contributed by atoms with E-state index in [-0.39, 0.29) is 0 Å². The van der Waals surface area contributed by atoms with Gasteiger partial charge in [-0.05, 0) is 38.3 Å². The lowest BCUT2D eigenvalue weighted by atomic mass is 10.0. The zero-order valence-corrected chi connectivity index (χ0v) is 11.7. The van der Waals surface area contributed by atoms with E-state index in [0.29, 0.717) is 0 Å². The highest BCUT2D eigenvalue weighted by molar-refractivity contribution is 9.09. The Hall–Kier alpha value is -0.350. The van der Waals surface area contributed by atoms with E-state index >= 15 is 0 Å². The molecule has 0 N–H and O–H groups in total. The predicted molar refractivity (Wildman–Crippen MR) is 69.7 cm³/mol. The number of alkyl halides is 1. The zero-order chi connectivity index (χ0) is 11.5. The first kappa shape index (κ1) is 12.1. The molecule has 1 fully saturated rings. The van der Waals surface area contributed by atoms with Gasteiger partial charge in [-0.3, -0.25) is 9.58 Å². The van der Waals surface area contributed by atoms with Crippen LogP contribution >= 0.6 is 15.9 Å². The summed E-state index contributed by atoms with van der Waals surface area (Å²) in [7, 11) is 2.04. The molecular weight excluding hydrogens is 266 g/mol. The van der Waals surface area contributed by atoms with Crippen LogP contribution in [0.5, 0.6) is 0 Å². The molecule has 1 saturated heterocycles. The average molecular weight is 286 g/mol. The Morgan fingerprint density at radius 2 is 2.38 bits per heavy atom. The van der Waals surface area contributed by atoms with E-state index in [1.165, 1.54) is 31.6 Å². The summed E-state index contributed by atoms with van der Waals surface area (Å²) >= 11 is 3.60. The van der Waals surface area contributed by atoms with Crippen molar-refractivity contribution in [3.8, 4) is 0 Å². The number of hydrogen-bond acceptors (Lipinski definition) is 2. The standard InChI is InChI=1S/C12H20BrN3/c1-10-6-12(15(2)14-10)9-16-5-3-4-11(7-13)8-16/h6,11H,3-5,7-9H2,1-2H3. The van der Waals surface area contributed by atoms with Gasteiger partial charge in [-0.15, -0.1) is 0 Å². The van der Waals surface area contributed by atoms with Crippen LogP contribution in [-0.4, -0.2) is 33.1 Å². The van der Waals surface area contributed by atoms with Crippen LogP contribution in [0.2, 0.25) is 0 Å². The molecule has 4 heteroatoms. The molecule has 1 atom stereocenters. The van der Waals surface area contributed by atoms with Gasteiger partial charge in [-0.25, -0.2) is 0 Å². The Balaban J connectivity index is 1.96. The molecule has 1 aromatic rings. The zero-order valence-electron chi connectivity index (χ0n) is 10.1. The molecule has 0 aliphatic carbocycles. The number of aryl methyl sites for hydroxylation is 2. The van der Waals surface area contributed by atoms with Crippen molar-refractivity contribution in [1.29, 1.82) is 0 Å². The fraction of sp³-hybridized carbons (Fsp3) is 0.750. The van der Waals surface area contributed by atoms with Gasteiger partial charge in [0, 0.05) is 25.5 Å². The number of likely N-dealkylation sites (tertiary alicyclic amines) is 1. The lowest BCUT2D eigenvalue weighted by Crippen LogP contribution is -2.35. The lowest BCUT2D eigenvalue weighted by molar-refractivity contribution is 0.175. The van der Waals surface area contributed by atoms with Crippen molar-refractivity contribution in [2.75, 3.05) is 18.4 Å². The Labute approximate surface area is 106 Å². The molecule has 1 unspecified atom stereocenters. The van der Waals surface area contributed by atoms with Crippen molar-refractivity contribution in [1.82, 2.24) is 14.7 Å². The van der Waals surface area contributed by atoms with Crippen molar-refractivity contribution >= 4 is 15.9 Å². The Morgan fingerprint density at radius 1 is 1.56 bits per heavy atom. The Kier molecular flexibility index (Phi) is 4.03. The molecule has 3 nitrogen and oxygen atoms in total. The van der Waals surface area contributed by atoms with Gasteiger partial charge in [-0.2, -0.15) is 5.10 Å². The lowest BCUT2D eigenvalue weighted by Gasteiger charge is -2.31. The van der Waals surface area contributed by atoms with Crippen LogP contribution in [0.3, 0.4) is 0 Å². The normalized spacial score (nSPS) is 22.6. The molecular formula is C12H20BrN3. The van der Waals surface area contributed by atoms with Gasteiger partial charge in [0.25, 0.3) is 0 Å². The molecule has 2 heterocycles. The quantitative estimate of drug-likeness (QED) is 0.795. The van der Waals surface area contributed by atoms with Gasteiger partial charge < -0.3 is 0 Å². The Morgan fingerprint density at radius 3 is 3.00 bits per heavy atom. The molecule has 0 bridgehead atoms. The van der Waals surface area contributed by atoms with Crippen LogP contribution in [0.1, 0.15) is 24.2 Å². The van der Waals surface area contributed by atoms with Crippen LogP contribution in [0.25, 0.3) is 0 Å². The summed E-state index contributed by atoms with van der Waals surface area (Å²) in [5, 5.41) is 5.53. The highest BCUT2D eigenvalue weighted by Gasteiger charge is 2.19. The molecule has 2 rings (SSSR count). The van der Waals surface area contributed by atoms with Crippen LogP contribution in [0, 0.1) is 12.8 Å². The van der Waals surface area contributed by atoms with Gasteiger partial charge in [0.2, 0.25) is 0 Å². The minimum Gasteiger partial charge on any atom is -0.297 e. The largest absolute Gasteiger partial charge is 0.297 e. The number of halogens is 1. The first-order valence-corrected chi connectivity index (χ1v) is 7.09. The minimum atomic E-state index is 0.822. The van der Waals surface area contributed by atoms with Crippen LogP contribution < -0.4 is 0 Å². The van der Waals surface area contributed by atoms with Crippen molar-refractivity contribution in [3.05, 3.63) is 17.5 Å². The third-order valence-corrected chi connectivity index (χ3v) is 4.22. The molecule has 90 valence electrons. The molecule has 16 heavy (non-hydrogen) atoms. The van der Waals surface area contributed by atoms with Crippen molar-refractivity contribution in [2.24, 2.45) is 13.0 Å². The molecule has 0 radical (unpaired) electrons. The summed E-state index contributed by atoms with van der Waals surface area (Å²) in [5.41, 5.74) is 2.44. The van der Waals surface area contributed by atoms with Crippen molar-refractivity contribution in [3.63, 3.8) is 0 Å². The summed E-state index contributed by atoms with van der Waals surface area (Å²) in [6.45, 7) is 5.55. The van der Waals surface area contributed by atoms with E-state index in [9.17, 15) is 0 Å². The van der Waals surface area contributed by atoms with Crippen LogP contribution in [0.15, 0.2) is 6.07 Å². The SMILES string of the molecule is Cc1cc(CN2CCCC(CBr)C2)n(C)n1. The monoisotopic (exact) mass is 285 g/mol. The maximum atomic E-state index is 4.40. The van der Waals surface area contributed by atoms with Gasteiger partial charge in [0.1, 0.15) is 0 Å². The van der Waals surface area contributed by atoms with Crippen molar-refractivity contribution < 1.29 is 0 Å². The molecule has 1 aliphatic rings. The van der Waals surface area contributed by atoms with E-state index in [1.807, 2.05) is 11.7 Å². The number of rotatable bonds is 3. The van der Waals surface area contributed by atoms with Gasteiger partial charge >= 0.3 is 0 Å². The maximum absolute atomic E-state index is 4.40. The highest BCUT2D eigenvalue weighted by Crippen LogP contribution is 2.20. The molecule has 0 amide bonds. The summed E-state index contributed by atoms with van der Waals surface area (Å²) in [5.74, 6) is 0.822. The van der Waals surface area contributed by atoms with Gasteiger partial charge in [0.05, 0.1) is 11.4 Å². The third kappa shape index (κ3) is 2.86. The van der Waals surface area contributed by atoms with E-state index in [1.54, 1.807) is 0 Å². The highest BCUT2D eigenvalue weighted by atomic mass is 79.9. The fourth-order valence-corrected chi connectivity index (χ4v) is 2.99. The minimum absolute atomic E-state index is 0.822. The average Bonchev–Trinajstić information content (AvgIpc) is 2.58. The molecule has 0 aromatic carbocycles. The molecule has 1 aromatic heterocycles. The van der Waals surface area contributed by atoms with E-state index in [4.69, 9.17) is 0 Å². The summed E-state index contributed by atoms with van der Waals surface area (Å²) in [6, 6.07) is 2.19. The molecule has 0 saturated carbocycles. The number of nitrogens with zero attached hydrogens (tertiary/aromatic N) is 3. The first-order valence-electron chi connectivity index (χ1n) is 5.97. The predicted octanol–water partition coefficient (Wildman–Crippen LogP) is 2.34. The maximum Gasteiger partial charge on any atom is 0.0597 e. The smallest absolute Gasteiger partial charge is 0.0597 e. The second kappa shape index (κ2) is 5.32. The van der Waals surface area contributed by atoms with E-state index in [2.05, 4.69) is 38.9 Å². The molecule has 1 aliphatic heterocycles. The summed E-state index contributed by atoms with van der Waals surface area (Å²) < 4.78 is 2.01. The van der Waals surface area contributed by atoms with Gasteiger partial charge in [-0.1, -0.05) is 15.9 Å². The summed E-state index contributed by atoms with van der Waals surface area (Å²) in [6.07, 6.45) is 2.69. The first-order chi connectivity index (χ1) is 7.69. The van der Waals surface area contributed by atoms with E-state index in [0.717, 1.165) is 23.5 Å². The number of piperidine rings is 1. The topological polar surface area (TPSA) is 21.1 Å². The third-order valence-electron chi connectivity index (χ3n) is 3.31. The van der Waals surface area contributed by atoms with E-state index < -0.39 is 0 Å². The van der Waals surface area contributed by atoms with Gasteiger partial charge in [0.15, 0.2) is 0 Å². The summed E-state index contributed by atoms with van der Waals surface area (Å²) in [4.78, 5) is 2.55. The molecule has 0 spiro atoms. The fourth-order valence-electron chi connectivity index (χ4n) is 2.46. The second-order valence-electron chi connectivity index (χ2n) is 4.80. The second-order valence-corrected chi connectivity index (χ2v) is 5.45. The van der Waals surface area contributed by atoms with Crippen LogP contribution in [-0.2, 0) is 13.6 Å². The number of aromatic nitrogens is 2. The Bertz CT molecular complexity index is 348.